The van der Waals surface area contributed by atoms with Gasteiger partial charge in [0.05, 0.1) is 5.03 Å². The van der Waals surface area contributed by atoms with E-state index < -0.39 is 0 Å². The molecule has 0 fully saturated rings. The number of halogens is 1. The van der Waals surface area contributed by atoms with Crippen LogP contribution >= 0.6 is 11.6 Å². The van der Waals surface area contributed by atoms with E-state index in [2.05, 4.69) is 5.32 Å². The molecule has 0 rings (SSSR count). The Labute approximate surface area is 47.7 Å². The summed E-state index contributed by atoms with van der Waals surface area (Å²) in [6, 6.07) is 0. The molecule has 0 aliphatic heterocycles. The third-order valence-electron chi connectivity index (χ3n) is 0.420. The number of allylic oxidation sites excluding steroid dienone is 1. The summed E-state index contributed by atoms with van der Waals surface area (Å²) in [6.45, 7) is 0. The Kier molecular flexibility index (Phi) is 3.42. The van der Waals surface area contributed by atoms with E-state index in [9.17, 15) is 0 Å². The van der Waals surface area contributed by atoms with Crippen LogP contribution in [0.5, 0.6) is 0 Å². The molecule has 0 atom stereocenters. The largest absolute Gasteiger partial charge is 0.393 e. The summed E-state index contributed by atoms with van der Waals surface area (Å²) in [6.07, 6.45) is 2.60. The first-order valence-electron chi connectivity index (χ1n) is 1.84. The van der Waals surface area contributed by atoms with Crippen LogP contribution in [0.4, 0.5) is 0 Å². The molecule has 0 radical (unpaired) electrons. The highest BCUT2D eigenvalue weighted by molar-refractivity contribution is 6.38. The van der Waals surface area contributed by atoms with E-state index in [1.54, 1.807) is 7.05 Å². The van der Waals surface area contributed by atoms with Crippen molar-refractivity contribution in [1.82, 2.24) is 5.32 Å². The molecule has 0 spiro atoms. The molecule has 0 bridgehead atoms. The number of nitrogens with one attached hydrogen (secondary N) is 2. The predicted molar refractivity (Wildman–Crippen MR) is 31.8 cm³/mol. The molecule has 0 heterocycles. The van der Waals surface area contributed by atoms with E-state index in [0.717, 1.165) is 6.21 Å². The average molecular weight is 119 g/mol. The number of hydrogen-bond acceptors (Lipinski definition) is 2. The van der Waals surface area contributed by atoms with Crippen molar-refractivity contribution in [2.45, 2.75) is 0 Å². The number of hydrogen-bond donors (Lipinski definition) is 2. The van der Waals surface area contributed by atoms with E-state index in [-0.39, 0.29) is 0 Å². The third kappa shape index (κ3) is 3.33. The topological polar surface area (TPSA) is 35.9 Å². The van der Waals surface area contributed by atoms with E-state index in [1.807, 2.05) is 0 Å². The first-order valence-corrected chi connectivity index (χ1v) is 2.22. The zero-order valence-electron chi connectivity index (χ0n) is 4.03. The van der Waals surface area contributed by atoms with Gasteiger partial charge in [-0.1, -0.05) is 11.6 Å². The highest BCUT2D eigenvalue weighted by atomic mass is 35.5. The smallest absolute Gasteiger partial charge is 0.0737 e. The van der Waals surface area contributed by atoms with Crippen LogP contribution in [0.2, 0.25) is 0 Å². The van der Waals surface area contributed by atoms with Crippen LogP contribution in [0.1, 0.15) is 0 Å². The van der Waals surface area contributed by atoms with Gasteiger partial charge >= 0.3 is 0 Å². The van der Waals surface area contributed by atoms with Gasteiger partial charge in [0.1, 0.15) is 0 Å². The molecule has 0 aliphatic rings. The molecule has 0 amide bonds. The molecule has 2 nitrogen and oxygen atoms in total. The minimum absolute atomic E-state index is 0.405. The van der Waals surface area contributed by atoms with Crippen molar-refractivity contribution in [3.05, 3.63) is 11.2 Å². The fourth-order valence-corrected chi connectivity index (χ4v) is 0.289. The maximum absolute atomic E-state index is 6.55. The van der Waals surface area contributed by atoms with Crippen molar-refractivity contribution < 1.29 is 0 Å². The van der Waals surface area contributed by atoms with Crippen molar-refractivity contribution in [3.8, 4) is 0 Å². The van der Waals surface area contributed by atoms with Crippen LogP contribution in [0.15, 0.2) is 11.2 Å². The molecule has 0 aromatic rings. The summed E-state index contributed by atoms with van der Waals surface area (Å²) in [7, 11) is 1.73. The second-order valence-corrected chi connectivity index (χ2v) is 1.40. The molecule has 2 N–H and O–H groups in total. The molecule has 0 aromatic heterocycles. The minimum Gasteiger partial charge on any atom is -0.393 e. The quantitative estimate of drug-likeness (QED) is 0.520. The summed E-state index contributed by atoms with van der Waals surface area (Å²) in [5.41, 5.74) is 0. The zero-order valence-corrected chi connectivity index (χ0v) is 4.79. The molecule has 7 heavy (non-hydrogen) atoms. The Bertz CT molecular complexity index is 87.7. The maximum atomic E-state index is 6.55. The molecule has 3 heteroatoms. The molecule has 0 saturated carbocycles. The van der Waals surface area contributed by atoms with Gasteiger partial charge in [-0.05, 0) is 0 Å². The van der Waals surface area contributed by atoms with E-state index in [4.69, 9.17) is 17.0 Å². The van der Waals surface area contributed by atoms with Gasteiger partial charge < -0.3 is 10.7 Å². The molecule has 0 unspecified atom stereocenters. The standard InChI is InChI=1S/C4H7ClN2/c1-7-3-4(5)2-6/h2-3,6-7H,1H3/b4-3+,6-2?. The molecular formula is C4H7ClN2. The highest BCUT2D eigenvalue weighted by Crippen LogP contribution is 1.90. The van der Waals surface area contributed by atoms with E-state index in [0.29, 0.717) is 5.03 Å². The van der Waals surface area contributed by atoms with E-state index >= 15 is 0 Å². The second kappa shape index (κ2) is 3.68. The van der Waals surface area contributed by atoms with Crippen molar-refractivity contribution in [2.24, 2.45) is 0 Å². The summed E-state index contributed by atoms with van der Waals surface area (Å²) >= 11 is 5.32. The van der Waals surface area contributed by atoms with Crippen molar-refractivity contribution >= 4 is 17.8 Å². The average Bonchev–Trinajstić information content (AvgIpc) is 1.68. The second-order valence-electron chi connectivity index (χ2n) is 0.962. The summed E-state index contributed by atoms with van der Waals surface area (Å²) in [5.74, 6) is 0. The van der Waals surface area contributed by atoms with Gasteiger partial charge in [-0.25, -0.2) is 0 Å². The van der Waals surface area contributed by atoms with Crippen molar-refractivity contribution in [3.63, 3.8) is 0 Å². The highest BCUT2D eigenvalue weighted by Gasteiger charge is 1.76. The van der Waals surface area contributed by atoms with Gasteiger partial charge in [-0.2, -0.15) is 0 Å². The minimum atomic E-state index is 0.405. The van der Waals surface area contributed by atoms with Gasteiger partial charge in [-0.15, -0.1) is 0 Å². The van der Waals surface area contributed by atoms with Crippen molar-refractivity contribution in [2.75, 3.05) is 7.05 Å². The lowest BCUT2D eigenvalue weighted by atomic mass is 10.6. The third-order valence-corrected chi connectivity index (χ3v) is 0.638. The van der Waals surface area contributed by atoms with Crippen LogP contribution in [0.25, 0.3) is 0 Å². The Morgan fingerprint density at radius 1 is 1.86 bits per heavy atom. The summed E-state index contributed by atoms with van der Waals surface area (Å²) in [4.78, 5) is 0. The first-order chi connectivity index (χ1) is 3.31. The zero-order chi connectivity index (χ0) is 5.70. The molecular weight excluding hydrogens is 112 g/mol. The Morgan fingerprint density at radius 3 is 2.57 bits per heavy atom. The van der Waals surface area contributed by atoms with Gasteiger partial charge in [0.15, 0.2) is 0 Å². The van der Waals surface area contributed by atoms with Crippen LogP contribution in [-0.2, 0) is 0 Å². The summed E-state index contributed by atoms with van der Waals surface area (Å²) in [5, 5.41) is 9.62. The summed E-state index contributed by atoms with van der Waals surface area (Å²) < 4.78 is 0. The molecule has 0 aromatic carbocycles. The Hall–Kier alpha value is -0.500. The van der Waals surface area contributed by atoms with Gasteiger partial charge in [0.25, 0.3) is 0 Å². The molecule has 0 saturated heterocycles. The number of rotatable bonds is 2. The Morgan fingerprint density at radius 2 is 2.43 bits per heavy atom. The van der Waals surface area contributed by atoms with Crippen molar-refractivity contribution in [1.29, 1.82) is 5.41 Å². The lowest BCUT2D eigenvalue weighted by molar-refractivity contribution is 1.10. The van der Waals surface area contributed by atoms with Gasteiger partial charge in [0, 0.05) is 19.5 Å². The maximum Gasteiger partial charge on any atom is 0.0737 e. The van der Waals surface area contributed by atoms with Gasteiger partial charge in [-0.3, -0.25) is 0 Å². The monoisotopic (exact) mass is 118 g/mol. The van der Waals surface area contributed by atoms with Crippen LogP contribution in [0, 0.1) is 5.41 Å². The molecule has 0 aliphatic carbocycles. The molecule has 40 valence electrons. The Balaban J connectivity index is 3.49. The van der Waals surface area contributed by atoms with Crippen LogP contribution in [-0.4, -0.2) is 13.3 Å². The predicted octanol–water partition coefficient (Wildman–Crippen LogP) is 0.936. The lowest BCUT2D eigenvalue weighted by Crippen LogP contribution is -1.93. The SMILES string of the molecule is CN/C=C(/Cl)C=N. The van der Waals surface area contributed by atoms with Crippen LogP contribution in [0.3, 0.4) is 0 Å². The van der Waals surface area contributed by atoms with Gasteiger partial charge in [0.2, 0.25) is 0 Å². The lowest BCUT2D eigenvalue weighted by Gasteiger charge is -1.83. The normalized spacial score (nSPS) is 10.9. The fourth-order valence-electron chi connectivity index (χ4n) is 0.180. The fraction of sp³-hybridized carbons (Fsp3) is 0.250. The van der Waals surface area contributed by atoms with E-state index in [1.165, 1.54) is 6.20 Å². The van der Waals surface area contributed by atoms with Crippen LogP contribution < -0.4 is 5.32 Å². The first kappa shape index (κ1) is 6.50.